The van der Waals surface area contributed by atoms with Crippen LogP contribution in [-0.2, 0) is 10.8 Å². The Balaban J connectivity index is 2.81. The zero-order chi connectivity index (χ0) is 13.4. The molecule has 0 radical (unpaired) electrons. The summed E-state index contributed by atoms with van der Waals surface area (Å²) in [7, 11) is 1.21. The number of nitrogens with one attached hydrogen (secondary N) is 1. The van der Waals surface area contributed by atoms with E-state index in [2.05, 4.69) is 31.3 Å². The Bertz CT molecular complexity index is 353. The summed E-state index contributed by atoms with van der Waals surface area (Å²) in [5.41, 5.74) is 1.23. The van der Waals surface area contributed by atoms with E-state index in [1.54, 1.807) is 0 Å². The van der Waals surface area contributed by atoms with Gasteiger partial charge in [0, 0.05) is 22.6 Å². The second-order valence-corrected chi connectivity index (χ2v) is 6.34. The van der Waals surface area contributed by atoms with Crippen LogP contribution in [0.5, 0.6) is 0 Å². The van der Waals surface area contributed by atoms with Crippen LogP contribution >= 0.6 is 0 Å². The lowest BCUT2D eigenvalue weighted by Gasteiger charge is -2.25. The van der Waals surface area contributed by atoms with Crippen LogP contribution in [0.3, 0.4) is 0 Å². The Labute approximate surface area is 114 Å². The van der Waals surface area contributed by atoms with Crippen LogP contribution in [0.25, 0.3) is 0 Å². The molecule has 2 nitrogen and oxygen atoms in total. The van der Waals surface area contributed by atoms with Crippen LogP contribution in [0.15, 0.2) is 30.3 Å². The first-order valence-electron chi connectivity index (χ1n) is 6.83. The second kappa shape index (κ2) is 8.44. The fourth-order valence-corrected chi connectivity index (χ4v) is 4.08. The molecule has 18 heavy (non-hydrogen) atoms. The molecule has 0 saturated carbocycles. The van der Waals surface area contributed by atoms with E-state index in [9.17, 15) is 4.21 Å². The van der Waals surface area contributed by atoms with Crippen molar-refractivity contribution >= 4 is 10.8 Å². The van der Waals surface area contributed by atoms with Crippen LogP contribution in [0.2, 0.25) is 0 Å². The maximum Gasteiger partial charge on any atom is 0.0540 e. The van der Waals surface area contributed by atoms with E-state index in [4.69, 9.17) is 0 Å². The van der Waals surface area contributed by atoms with E-state index in [1.165, 1.54) is 5.56 Å². The Morgan fingerprint density at radius 3 is 2.39 bits per heavy atom. The van der Waals surface area contributed by atoms with Gasteiger partial charge in [-0.2, -0.15) is 0 Å². The van der Waals surface area contributed by atoms with Gasteiger partial charge >= 0.3 is 0 Å². The average molecular weight is 267 g/mol. The van der Waals surface area contributed by atoms with Gasteiger partial charge in [-0.1, -0.05) is 50.6 Å². The summed E-state index contributed by atoms with van der Waals surface area (Å²) in [4.78, 5) is 0. The molecule has 1 N–H and O–H groups in total. The smallest absolute Gasteiger partial charge is 0.0540 e. The van der Waals surface area contributed by atoms with Gasteiger partial charge in [0.2, 0.25) is 0 Å². The molecular formula is C15H25NOS. The van der Waals surface area contributed by atoms with Gasteiger partial charge in [-0.05, 0) is 25.5 Å². The van der Waals surface area contributed by atoms with Gasteiger partial charge in [0.15, 0.2) is 0 Å². The van der Waals surface area contributed by atoms with Gasteiger partial charge in [0.25, 0.3) is 0 Å². The van der Waals surface area contributed by atoms with Crippen molar-refractivity contribution in [3.63, 3.8) is 0 Å². The molecule has 0 spiro atoms. The number of hydrogen-bond donors (Lipinski definition) is 1. The minimum absolute atomic E-state index is 0.189. The highest BCUT2D eigenvalue weighted by atomic mass is 32.2. The Hall–Kier alpha value is -0.670. The predicted octanol–water partition coefficient (Wildman–Crippen LogP) is 3.27. The van der Waals surface area contributed by atoms with E-state index >= 15 is 0 Å². The summed E-state index contributed by atoms with van der Waals surface area (Å²) < 4.78 is 12.4. The predicted molar refractivity (Wildman–Crippen MR) is 80.2 cm³/mol. The summed E-state index contributed by atoms with van der Waals surface area (Å²) in [6.45, 7) is 4.27. The molecule has 1 rings (SSSR count). The Morgan fingerprint density at radius 2 is 1.89 bits per heavy atom. The molecule has 0 saturated heterocycles. The van der Waals surface area contributed by atoms with Crippen molar-refractivity contribution < 1.29 is 4.21 Å². The van der Waals surface area contributed by atoms with Crippen molar-refractivity contribution in [2.75, 3.05) is 12.8 Å². The number of hydrogen-bond acceptors (Lipinski definition) is 2. The van der Waals surface area contributed by atoms with Crippen LogP contribution in [-0.4, -0.2) is 22.3 Å². The molecule has 0 bridgehead atoms. The molecule has 0 aromatic heterocycles. The third kappa shape index (κ3) is 4.21. The van der Waals surface area contributed by atoms with E-state index in [1.807, 2.05) is 25.2 Å². The van der Waals surface area contributed by atoms with Crippen molar-refractivity contribution in [3.05, 3.63) is 35.9 Å². The van der Waals surface area contributed by atoms with Crippen molar-refractivity contribution in [1.29, 1.82) is 0 Å². The molecule has 3 heteroatoms. The molecule has 1 aromatic carbocycles. The fraction of sp³-hybridized carbons (Fsp3) is 0.600. The van der Waals surface area contributed by atoms with Gasteiger partial charge in [-0.25, -0.2) is 0 Å². The van der Waals surface area contributed by atoms with Crippen molar-refractivity contribution in [2.24, 2.45) is 0 Å². The molecule has 0 aliphatic rings. The third-order valence-corrected chi connectivity index (χ3v) is 5.25. The highest BCUT2D eigenvalue weighted by Crippen LogP contribution is 2.23. The molecule has 0 heterocycles. The Kier molecular flexibility index (Phi) is 7.21. The lowest BCUT2D eigenvalue weighted by atomic mass is 10.0. The zero-order valence-corrected chi connectivity index (χ0v) is 12.5. The standard InChI is InChI=1S/C15H25NOS/c1-4-6-12-18(17)14(5-2)15(16-3)13-10-8-7-9-11-13/h7-11,14-16H,4-6,12H2,1-3H3. The highest BCUT2D eigenvalue weighted by molar-refractivity contribution is 7.85. The minimum Gasteiger partial charge on any atom is -0.312 e. The normalized spacial score (nSPS) is 16.2. The van der Waals surface area contributed by atoms with E-state index in [-0.39, 0.29) is 11.3 Å². The molecule has 3 atom stereocenters. The molecule has 102 valence electrons. The van der Waals surface area contributed by atoms with Crippen molar-refractivity contribution in [3.8, 4) is 0 Å². The first-order chi connectivity index (χ1) is 8.74. The van der Waals surface area contributed by atoms with Gasteiger partial charge in [-0.15, -0.1) is 0 Å². The lowest BCUT2D eigenvalue weighted by molar-refractivity contribution is 0.538. The maximum absolute atomic E-state index is 12.4. The molecule has 1 aromatic rings. The topological polar surface area (TPSA) is 29.1 Å². The number of unbranched alkanes of at least 4 members (excludes halogenated alkanes) is 1. The average Bonchev–Trinajstić information content (AvgIpc) is 2.42. The number of benzene rings is 1. The first-order valence-corrected chi connectivity index (χ1v) is 8.22. The largest absolute Gasteiger partial charge is 0.312 e. The van der Waals surface area contributed by atoms with Gasteiger partial charge in [-0.3, -0.25) is 4.21 Å². The summed E-state index contributed by atoms with van der Waals surface area (Å²) >= 11 is 0. The summed E-state index contributed by atoms with van der Waals surface area (Å²) in [5, 5.41) is 3.53. The van der Waals surface area contributed by atoms with Gasteiger partial charge in [0.05, 0.1) is 5.25 Å². The highest BCUT2D eigenvalue weighted by Gasteiger charge is 2.25. The first kappa shape index (κ1) is 15.4. The second-order valence-electron chi connectivity index (χ2n) is 4.56. The summed E-state index contributed by atoms with van der Waals surface area (Å²) in [6, 6.07) is 10.5. The van der Waals surface area contributed by atoms with Crippen molar-refractivity contribution in [1.82, 2.24) is 5.32 Å². The minimum atomic E-state index is -0.751. The van der Waals surface area contributed by atoms with Gasteiger partial charge < -0.3 is 5.32 Å². The van der Waals surface area contributed by atoms with E-state index in [0.717, 1.165) is 25.0 Å². The SMILES string of the molecule is CCCCS(=O)C(CC)C(NC)c1ccccc1. The van der Waals surface area contributed by atoms with E-state index in [0.29, 0.717) is 0 Å². The summed E-state index contributed by atoms with van der Waals surface area (Å²) in [5.74, 6) is 0.819. The molecule has 0 aliphatic heterocycles. The van der Waals surface area contributed by atoms with Crippen LogP contribution < -0.4 is 5.32 Å². The molecule has 0 aliphatic carbocycles. The Morgan fingerprint density at radius 1 is 1.22 bits per heavy atom. The molecular weight excluding hydrogens is 242 g/mol. The molecule has 0 amide bonds. The van der Waals surface area contributed by atoms with Crippen LogP contribution in [0, 0.1) is 0 Å². The van der Waals surface area contributed by atoms with Gasteiger partial charge in [0.1, 0.15) is 0 Å². The number of rotatable bonds is 8. The quantitative estimate of drug-likeness (QED) is 0.783. The third-order valence-electron chi connectivity index (χ3n) is 3.28. The van der Waals surface area contributed by atoms with Crippen LogP contribution in [0.4, 0.5) is 0 Å². The summed E-state index contributed by atoms with van der Waals surface area (Å²) in [6.07, 6.45) is 3.10. The fourth-order valence-electron chi connectivity index (χ4n) is 2.24. The zero-order valence-electron chi connectivity index (χ0n) is 11.7. The molecule has 3 unspecified atom stereocenters. The van der Waals surface area contributed by atoms with Crippen LogP contribution in [0.1, 0.15) is 44.7 Å². The van der Waals surface area contributed by atoms with E-state index < -0.39 is 10.8 Å². The van der Waals surface area contributed by atoms with Crippen molar-refractivity contribution in [2.45, 2.75) is 44.4 Å². The molecule has 0 fully saturated rings. The monoisotopic (exact) mass is 267 g/mol. The lowest BCUT2D eigenvalue weighted by Crippen LogP contribution is -2.33. The maximum atomic E-state index is 12.4.